The minimum atomic E-state index is 0.0963. The van der Waals surface area contributed by atoms with Crippen molar-refractivity contribution in [2.24, 2.45) is 10.7 Å². The molecule has 0 saturated heterocycles. The van der Waals surface area contributed by atoms with Gasteiger partial charge < -0.3 is 10.2 Å². The second kappa shape index (κ2) is 6.07. The van der Waals surface area contributed by atoms with Crippen molar-refractivity contribution in [3.05, 3.63) is 82.9 Å². The maximum Gasteiger partial charge on any atom is 0.154 e. The molecule has 0 spiro atoms. The highest BCUT2D eigenvalue weighted by Gasteiger charge is 2.15. The molecule has 1 aromatic heterocycles. The Bertz CT molecular complexity index is 1130. The number of fused-ring (bicyclic) bond motifs is 3. The van der Waals surface area contributed by atoms with E-state index in [9.17, 15) is 0 Å². The van der Waals surface area contributed by atoms with Crippen LogP contribution in [0.15, 0.2) is 76.1 Å². The second-order valence-electron chi connectivity index (χ2n) is 5.64. The van der Waals surface area contributed by atoms with Crippen LogP contribution >= 0.6 is 11.6 Å². The molecule has 4 nitrogen and oxygen atoms in total. The summed E-state index contributed by atoms with van der Waals surface area (Å²) in [5.74, 6) is 0.326. The predicted octanol–water partition coefficient (Wildman–Crippen LogP) is 4.97. The lowest BCUT2D eigenvalue weighted by atomic mass is 10.1. The summed E-state index contributed by atoms with van der Waals surface area (Å²) in [6.45, 7) is 0. The molecule has 4 rings (SSSR count). The molecule has 0 aliphatic rings. The normalized spacial score (nSPS) is 12.0. The Morgan fingerprint density at radius 1 is 0.960 bits per heavy atom. The highest BCUT2D eigenvalue weighted by Crippen LogP contribution is 2.33. The lowest BCUT2D eigenvalue weighted by Crippen LogP contribution is -2.16. The highest BCUT2D eigenvalue weighted by molar-refractivity contribution is 6.33. The Hall–Kier alpha value is -3.11. The molecule has 4 aromatic rings. The topological polar surface area (TPSA) is 75.4 Å². The lowest BCUT2D eigenvalue weighted by Gasteiger charge is -2.05. The van der Waals surface area contributed by atoms with Crippen molar-refractivity contribution < 1.29 is 4.42 Å². The predicted molar refractivity (Wildman–Crippen MR) is 103 cm³/mol. The van der Waals surface area contributed by atoms with Gasteiger partial charge in [0, 0.05) is 33.0 Å². The van der Waals surface area contributed by atoms with Gasteiger partial charge in [0.15, 0.2) is 5.84 Å². The molecule has 0 fully saturated rings. The van der Waals surface area contributed by atoms with Gasteiger partial charge in [-0.1, -0.05) is 60.1 Å². The number of nitrogens with two attached hydrogens (primary N) is 1. The van der Waals surface area contributed by atoms with E-state index in [0.29, 0.717) is 21.7 Å². The van der Waals surface area contributed by atoms with Crippen LogP contribution in [0, 0.1) is 5.41 Å². The molecule has 3 N–H and O–H groups in total. The summed E-state index contributed by atoms with van der Waals surface area (Å²) in [6, 6.07) is 20.5. The highest BCUT2D eigenvalue weighted by atomic mass is 35.5. The third-order valence-corrected chi connectivity index (χ3v) is 4.22. The molecule has 0 bridgehead atoms. The molecule has 5 heteroatoms. The van der Waals surface area contributed by atoms with Crippen LogP contribution in [0.25, 0.3) is 21.9 Å². The summed E-state index contributed by atoms with van der Waals surface area (Å²) < 4.78 is 5.87. The van der Waals surface area contributed by atoms with E-state index in [4.69, 9.17) is 27.2 Å². The van der Waals surface area contributed by atoms with E-state index in [1.807, 2.05) is 54.6 Å². The largest absolute Gasteiger partial charge is 0.456 e. The Kier molecular flexibility index (Phi) is 3.75. The number of nitrogens with one attached hydrogen (secondary N) is 1. The maximum absolute atomic E-state index is 8.17. The van der Waals surface area contributed by atoms with Gasteiger partial charge in [-0.15, -0.1) is 0 Å². The van der Waals surface area contributed by atoms with Gasteiger partial charge in [-0.25, -0.2) is 4.99 Å². The molecule has 0 radical (unpaired) electrons. The summed E-state index contributed by atoms with van der Waals surface area (Å²) >= 11 is 6.22. The van der Waals surface area contributed by atoms with Crippen LogP contribution in [-0.2, 0) is 0 Å². The van der Waals surface area contributed by atoms with Crippen LogP contribution in [0.4, 0.5) is 0 Å². The Balaban J connectivity index is 1.91. The number of amidine groups is 2. The quantitative estimate of drug-likeness (QED) is 0.396. The van der Waals surface area contributed by atoms with E-state index in [0.717, 1.165) is 16.4 Å². The zero-order valence-electron chi connectivity index (χ0n) is 13.2. The van der Waals surface area contributed by atoms with E-state index in [-0.39, 0.29) is 11.7 Å². The average Bonchev–Trinajstić information content (AvgIpc) is 2.99. The number of nitrogens with zero attached hydrogens (tertiary/aromatic N) is 1. The van der Waals surface area contributed by atoms with Crippen molar-refractivity contribution in [3.8, 4) is 0 Å². The summed E-state index contributed by atoms with van der Waals surface area (Å²) in [4.78, 5) is 4.27. The SMILES string of the molecule is N=C(N=C(N)c1cc(Cl)cc2oc3ccccc3c12)c1ccccc1. The molecule has 3 aromatic carbocycles. The molecular formula is C20H14ClN3O. The third kappa shape index (κ3) is 2.77. The minimum Gasteiger partial charge on any atom is -0.456 e. The fourth-order valence-corrected chi connectivity index (χ4v) is 3.07. The van der Waals surface area contributed by atoms with E-state index < -0.39 is 0 Å². The molecule has 25 heavy (non-hydrogen) atoms. The first-order valence-corrected chi connectivity index (χ1v) is 8.10. The monoisotopic (exact) mass is 347 g/mol. The fraction of sp³-hybridized carbons (Fsp3) is 0. The van der Waals surface area contributed by atoms with E-state index in [1.165, 1.54) is 0 Å². The van der Waals surface area contributed by atoms with Gasteiger partial charge in [0.25, 0.3) is 0 Å². The van der Waals surface area contributed by atoms with Gasteiger partial charge in [-0.2, -0.15) is 0 Å². The number of aliphatic imine (C=N–C) groups is 1. The summed E-state index contributed by atoms with van der Waals surface area (Å²) in [6.07, 6.45) is 0. The van der Waals surface area contributed by atoms with Crippen LogP contribution in [0.3, 0.4) is 0 Å². The standard InChI is InChI=1S/C20H14ClN3O/c21-13-10-15(20(23)24-19(22)12-6-2-1-3-7-12)18-14-8-4-5-9-16(14)25-17(18)11-13/h1-11H,(H3,22,23,24). The fourth-order valence-electron chi connectivity index (χ4n) is 2.86. The van der Waals surface area contributed by atoms with E-state index >= 15 is 0 Å². The Morgan fingerprint density at radius 2 is 1.68 bits per heavy atom. The van der Waals surface area contributed by atoms with Gasteiger partial charge in [0.05, 0.1) is 0 Å². The van der Waals surface area contributed by atoms with Gasteiger partial charge in [0.1, 0.15) is 17.0 Å². The van der Waals surface area contributed by atoms with Crippen molar-refractivity contribution in [1.82, 2.24) is 0 Å². The van der Waals surface area contributed by atoms with E-state index in [2.05, 4.69) is 4.99 Å². The second-order valence-corrected chi connectivity index (χ2v) is 6.07. The first kappa shape index (κ1) is 15.4. The molecule has 122 valence electrons. The van der Waals surface area contributed by atoms with Crippen LogP contribution < -0.4 is 5.73 Å². The van der Waals surface area contributed by atoms with Gasteiger partial charge >= 0.3 is 0 Å². The van der Waals surface area contributed by atoms with Crippen LogP contribution in [0.2, 0.25) is 5.02 Å². The Morgan fingerprint density at radius 3 is 2.48 bits per heavy atom. The lowest BCUT2D eigenvalue weighted by molar-refractivity contribution is 0.669. The van der Waals surface area contributed by atoms with Crippen LogP contribution in [-0.4, -0.2) is 11.7 Å². The van der Waals surface area contributed by atoms with E-state index in [1.54, 1.807) is 12.1 Å². The maximum atomic E-state index is 8.17. The minimum absolute atomic E-state index is 0.0963. The molecule has 0 saturated carbocycles. The van der Waals surface area contributed by atoms with Crippen LogP contribution in [0.5, 0.6) is 0 Å². The zero-order valence-corrected chi connectivity index (χ0v) is 13.9. The van der Waals surface area contributed by atoms with Gasteiger partial charge in [-0.05, 0) is 12.1 Å². The average molecular weight is 348 g/mol. The van der Waals surface area contributed by atoms with Crippen molar-refractivity contribution >= 4 is 45.2 Å². The first-order valence-electron chi connectivity index (χ1n) is 7.73. The number of rotatable bonds is 2. The van der Waals surface area contributed by atoms with Crippen LogP contribution in [0.1, 0.15) is 11.1 Å². The summed E-state index contributed by atoms with van der Waals surface area (Å²) in [5.41, 5.74) is 8.99. The van der Waals surface area contributed by atoms with Gasteiger partial charge in [0.2, 0.25) is 0 Å². The summed E-state index contributed by atoms with van der Waals surface area (Å²) in [7, 11) is 0. The van der Waals surface area contributed by atoms with Crippen molar-refractivity contribution in [3.63, 3.8) is 0 Å². The molecule has 1 heterocycles. The van der Waals surface area contributed by atoms with Crippen molar-refractivity contribution in [2.75, 3.05) is 0 Å². The molecule has 0 atom stereocenters. The summed E-state index contributed by atoms with van der Waals surface area (Å²) in [5, 5.41) is 10.5. The molecule has 0 unspecified atom stereocenters. The van der Waals surface area contributed by atoms with Gasteiger partial charge in [-0.3, -0.25) is 5.41 Å². The molecule has 0 aliphatic carbocycles. The number of hydrogen-bond donors (Lipinski definition) is 2. The zero-order chi connectivity index (χ0) is 17.4. The number of benzene rings is 3. The number of halogens is 1. The number of para-hydroxylation sites is 1. The first-order chi connectivity index (χ1) is 12.1. The molecule has 0 aliphatic heterocycles. The number of hydrogen-bond acceptors (Lipinski definition) is 2. The van der Waals surface area contributed by atoms with Crippen molar-refractivity contribution in [1.29, 1.82) is 5.41 Å². The molecule has 0 amide bonds. The number of furan rings is 1. The third-order valence-electron chi connectivity index (χ3n) is 4.00. The molecular weight excluding hydrogens is 334 g/mol. The van der Waals surface area contributed by atoms with Crippen molar-refractivity contribution in [2.45, 2.75) is 0 Å². The Labute approximate surface area is 149 Å². The smallest absolute Gasteiger partial charge is 0.154 e.